The summed E-state index contributed by atoms with van der Waals surface area (Å²) in [6.07, 6.45) is 1.10. The van der Waals surface area contributed by atoms with E-state index < -0.39 is 18.2 Å². The van der Waals surface area contributed by atoms with Gasteiger partial charge in [-0.2, -0.15) is 0 Å². The average molecular weight is 602 g/mol. The zero-order chi connectivity index (χ0) is 31.1. The van der Waals surface area contributed by atoms with Crippen LogP contribution in [0.2, 0.25) is 0 Å². The molecule has 0 radical (unpaired) electrons. The summed E-state index contributed by atoms with van der Waals surface area (Å²) in [7, 11) is 4.81. The van der Waals surface area contributed by atoms with Crippen LogP contribution in [0.4, 0.5) is 4.79 Å². The van der Waals surface area contributed by atoms with Crippen molar-refractivity contribution in [1.82, 2.24) is 4.90 Å². The summed E-state index contributed by atoms with van der Waals surface area (Å²) in [6.45, 7) is 12.2. The molecule has 7 atom stereocenters. The normalized spacial score (nSPS) is 28.5. The minimum atomic E-state index is -0.775. The fourth-order valence-electron chi connectivity index (χ4n) is 5.90. The van der Waals surface area contributed by atoms with Crippen molar-refractivity contribution in [3.05, 3.63) is 48.6 Å². The second-order valence-corrected chi connectivity index (χ2v) is 11.8. The van der Waals surface area contributed by atoms with Crippen LogP contribution in [-0.4, -0.2) is 99.2 Å². The molecule has 1 unspecified atom stereocenters. The third-order valence-electron chi connectivity index (χ3n) is 7.96. The minimum absolute atomic E-state index is 0.155. The lowest BCUT2D eigenvalue weighted by Crippen LogP contribution is -2.45. The molecule has 0 aromatic heterocycles. The average Bonchev–Trinajstić information content (AvgIpc) is 3.49. The van der Waals surface area contributed by atoms with Crippen LogP contribution in [-0.2, 0) is 39.8 Å². The van der Waals surface area contributed by atoms with Crippen molar-refractivity contribution in [3.8, 4) is 0 Å². The van der Waals surface area contributed by atoms with E-state index in [1.807, 2.05) is 44.2 Å². The Morgan fingerprint density at radius 3 is 2.40 bits per heavy atom. The Kier molecular flexibility index (Phi) is 11.2. The van der Waals surface area contributed by atoms with Gasteiger partial charge in [0.05, 0.1) is 20.3 Å². The van der Waals surface area contributed by atoms with Crippen LogP contribution in [0.3, 0.4) is 0 Å². The van der Waals surface area contributed by atoms with Crippen LogP contribution >= 0.6 is 0 Å². The van der Waals surface area contributed by atoms with E-state index in [0.717, 1.165) is 5.56 Å². The Labute approximate surface area is 255 Å². The molecule has 2 fully saturated rings. The summed E-state index contributed by atoms with van der Waals surface area (Å²) in [5.74, 6) is 0.541. The zero-order valence-corrected chi connectivity index (χ0v) is 26.4. The van der Waals surface area contributed by atoms with Crippen LogP contribution in [0.5, 0.6) is 0 Å². The Morgan fingerprint density at radius 1 is 1.07 bits per heavy atom. The summed E-state index contributed by atoms with van der Waals surface area (Å²) in [6, 6.07) is 8.69. The molecule has 3 aliphatic rings. The van der Waals surface area contributed by atoms with Crippen molar-refractivity contribution >= 4 is 17.9 Å². The van der Waals surface area contributed by atoms with Crippen LogP contribution in [0.15, 0.2) is 53.0 Å². The largest absolute Gasteiger partial charge is 0.483 e. The molecule has 4 rings (SSSR count). The van der Waals surface area contributed by atoms with E-state index >= 15 is 0 Å². The van der Waals surface area contributed by atoms with E-state index in [2.05, 4.69) is 20.4 Å². The maximum atomic E-state index is 13.6. The van der Waals surface area contributed by atoms with E-state index in [4.69, 9.17) is 43.1 Å². The first-order valence-corrected chi connectivity index (χ1v) is 15.0. The summed E-state index contributed by atoms with van der Waals surface area (Å²) in [5, 5.41) is 0. The number of fused-ring (bicyclic) bond motifs is 1. The SMILES string of the molecule is C=CCN(C(=O)OCc1ccccc1)[C@@H](CC[C@@H]1N=C(OC)[C@@H](C(C)C)N=C1OC)C[C@H]1O[C@@H](OC)[C@H]2OC(C)(C)OC12. The smallest absolute Gasteiger partial charge is 0.410 e. The van der Waals surface area contributed by atoms with E-state index in [0.29, 0.717) is 31.1 Å². The standard InChI is InChI=1S/C32H47N3O8/c1-9-17-35(31(36)40-19-21-13-11-10-12-14-21)22(18-24-26-27(30(39-8)41-24)43-32(4,5)42-26)15-16-23-28(37-6)34-25(20(2)3)29(33-23)38-7/h9-14,20,22-27,30H,1,15-19H2,2-8H3/t22-,23-,24+,25+,26?,27-,30+/m0/s1. The lowest BCUT2D eigenvalue weighted by atomic mass is 9.95. The van der Waals surface area contributed by atoms with Crippen molar-refractivity contribution in [2.45, 2.75) is 102 Å². The molecule has 1 aromatic carbocycles. The number of methoxy groups -OCH3 is 3. The van der Waals surface area contributed by atoms with Gasteiger partial charge in [0.1, 0.15) is 30.9 Å². The molecule has 11 heteroatoms. The number of aliphatic imine (C=N–C) groups is 2. The third-order valence-corrected chi connectivity index (χ3v) is 7.96. The van der Waals surface area contributed by atoms with Crippen LogP contribution in [0.25, 0.3) is 0 Å². The number of amides is 1. The molecule has 0 N–H and O–H groups in total. The van der Waals surface area contributed by atoms with Crippen molar-refractivity contribution in [1.29, 1.82) is 0 Å². The fourth-order valence-corrected chi connectivity index (χ4v) is 5.90. The molecule has 1 amide bonds. The quantitative estimate of drug-likeness (QED) is 0.316. The van der Waals surface area contributed by atoms with Gasteiger partial charge in [-0.05, 0) is 44.6 Å². The summed E-state index contributed by atoms with van der Waals surface area (Å²) in [4.78, 5) is 25.0. The van der Waals surface area contributed by atoms with Gasteiger partial charge in [0, 0.05) is 19.7 Å². The molecule has 43 heavy (non-hydrogen) atoms. The van der Waals surface area contributed by atoms with E-state index in [-0.39, 0.29) is 55.5 Å². The van der Waals surface area contributed by atoms with E-state index in [1.165, 1.54) is 0 Å². The van der Waals surface area contributed by atoms with Gasteiger partial charge in [-0.15, -0.1) is 6.58 Å². The molecule has 0 aliphatic carbocycles. The van der Waals surface area contributed by atoms with Gasteiger partial charge >= 0.3 is 6.09 Å². The number of carbonyl (C=O) groups is 1. The molecular weight excluding hydrogens is 554 g/mol. The first-order valence-electron chi connectivity index (χ1n) is 15.0. The molecular formula is C32H47N3O8. The van der Waals surface area contributed by atoms with Crippen LogP contribution in [0.1, 0.15) is 52.5 Å². The number of carbonyl (C=O) groups excluding carboxylic acids is 1. The van der Waals surface area contributed by atoms with Crippen molar-refractivity contribution < 1.29 is 38.0 Å². The number of hydrogen-bond acceptors (Lipinski definition) is 10. The summed E-state index contributed by atoms with van der Waals surface area (Å²) >= 11 is 0. The highest BCUT2D eigenvalue weighted by atomic mass is 16.8. The van der Waals surface area contributed by atoms with Crippen molar-refractivity contribution in [2.24, 2.45) is 15.9 Å². The summed E-state index contributed by atoms with van der Waals surface area (Å²) in [5.41, 5.74) is 0.902. The van der Waals surface area contributed by atoms with Gasteiger partial charge in [0.2, 0.25) is 11.8 Å². The number of ether oxygens (including phenoxy) is 7. The zero-order valence-electron chi connectivity index (χ0n) is 26.4. The van der Waals surface area contributed by atoms with Gasteiger partial charge < -0.3 is 38.1 Å². The summed E-state index contributed by atoms with van der Waals surface area (Å²) < 4.78 is 41.3. The number of hydrogen-bond donors (Lipinski definition) is 0. The Hall–Kier alpha value is -2.99. The third kappa shape index (κ3) is 7.94. The molecule has 11 nitrogen and oxygen atoms in total. The Balaban J connectivity index is 1.57. The maximum Gasteiger partial charge on any atom is 0.410 e. The molecule has 2 saturated heterocycles. The molecule has 238 valence electrons. The highest BCUT2D eigenvalue weighted by molar-refractivity contribution is 5.94. The molecule has 0 bridgehead atoms. The predicted molar refractivity (Wildman–Crippen MR) is 162 cm³/mol. The minimum Gasteiger partial charge on any atom is -0.483 e. The van der Waals surface area contributed by atoms with Crippen molar-refractivity contribution in [2.75, 3.05) is 27.9 Å². The van der Waals surface area contributed by atoms with Gasteiger partial charge in [-0.25, -0.2) is 14.8 Å². The number of benzene rings is 1. The van der Waals surface area contributed by atoms with Gasteiger partial charge in [0.15, 0.2) is 12.1 Å². The van der Waals surface area contributed by atoms with E-state index in [1.54, 1.807) is 32.3 Å². The number of nitrogens with zero attached hydrogens (tertiary/aromatic N) is 3. The molecule has 3 heterocycles. The molecule has 3 aliphatic heterocycles. The highest BCUT2D eigenvalue weighted by Gasteiger charge is 2.56. The lowest BCUT2D eigenvalue weighted by Gasteiger charge is -2.34. The maximum absolute atomic E-state index is 13.6. The molecule has 1 aromatic rings. The topological polar surface area (TPSA) is 110 Å². The van der Waals surface area contributed by atoms with E-state index in [9.17, 15) is 4.79 Å². The predicted octanol–water partition coefficient (Wildman–Crippen LogP) is 4.74. The second-order valence-electron chi connectivity index (χ2n) is 11.8. The Morgan fingerprint density at radius 2 is 1.77 bits per heavy atom. The molecule has 0 saturated carbocycles. The van der Waals surface area contributed by atoms with Gasteiger partial charge in [-0.1, -0.05) is 50.3 Å². The fraction of sp³-hybridized carbons (Fsp3) is 0.656. The van der Waals surface area contributed by atoms with Gasteiger partial charge in [0.25, 0.3) is 0 Å². The monoisotopic (exact) mass is 601 g/mol. The highest BCUT2D eigenvalue weighted by Crippen LogP contribution is 2.41. The molecule has 0 spiro atoms. The Bertz CT molecular complexity index is 1140. The first-order chi connectivity index (χ1) is 20.6. The second kappa shape index (κ2) is 14.7. The lowest BCUT2D eigenvalue weighted by molar-refractivity contribution is -0.228. The van der Waals surface area contributed by atoms with Crippen LogP contribution < -0.4 is 0 Å². The van der Waals surface area contributed by atoms with Gasteiger partial charge in [-0.3, -0.25) is 0 Å². The first kappa shape index (κ1) is 32.9. The number of rotatable bonds is 12. The van der Waals surface area contributed by atoms with Crippen molar-refractivity contribution in [3.63, 3.8) is 0 Å². The van der Waals surface area contributed by atoms with Crippen LogP contribution in [0, 0.1) is 5.92 Å².